The zero-order valence-electron chi connectivity index (χ0n) is 7.58. The van der Waals surface area contributed by atoms with Gasteiger partial charge in [0.05, 0.1) is 6.61 Å². The van der Waals surface area contributed by atoms with Crippen LogP contribution in [0, 0.1) is 0 Å². The van der Waals surface area contributed by atoms with E-state index >= 15 is 0 Å². The second-order valence-corrected chi connectivity index (χ2v) is 3.02. The number of rotatable bonds is 4. The van der Waals surface area contributed by atoms with Crippen molar-refractivity contribution in [2.45, 2.75) is 39.2 Å². The van der Waals surface area contributed by atoms with Gasteiger partial charge in [-0.15, -0.1) is 0 Å². The number of aliphatic hydroxyl groups excluding tert-OH is 1. The van der Waals surface area contributed by atoms with Crippen LogP contribution in [0.2, 0.25) is 0 Å². The van der Waals surface area contributed by atoms with E-state index in [0.29, 0.717) is 11.6 Å². The van der Waals surface area contributed by atoms with Crippen LogP contribution in [0.1, 0.15) is 44.2 Å². The Morgan fingerprint density at radius 2 is 2.42 bits per heavy atom. The molecule has 0 radical (unpaired) electrons. The first-order chi connectivity index (χ1) is 5.77. The summed E-state index contributed by atoms with van der Waals surface area (Å²) in [5, 5.41) is 8.74. The topological polar surface area (TPSA) is 46.3 Å². The van der Waals surface area contributed by atoms with Gasteiger partial charge in [0, 0.05) is 5.92 Å². The highest BCUT2D eigenvalue weighted by Crippen LogP contribution is 2.19. The molecule has 1 aromatic rings. The molecule has 1 heterocycles. The highest BCUT2D eigenvalue weighted by atomic mass is 16.3. The molecular formula is C9H15NO2. The second-order valence-electron chi connectivity index (χ2n) is 3.02. The van der Waals surface area contributed by atoms with Crippen LogP contribution in [0.3, 0.4) is 0 Å². The van der Waals surface area contributed by atoms with Crippen LogP contribution in [0.4, 0.5) is 0 Å². The maximum atomic E-state index is 8.74. The van der Waals surface area contributed by atoms with Crippen LogP contribution >= 0.6 is 0 Å². The van der Waals surface area contributed by atoms with E-state index in [9.17, 15) is 0 Å². The predicted molar refractivity (Wildman–Crippen MR) is 45.7 cm³/mol. The van der Waals surface area contributed by atoms with E-state index in [2.05, 4.69) is 18.8 Å². The number of hydrogen-bond donors (Lipinski definition) is 1. The standard InChI is InChI=1S/C9H15NO2/c1-3-4-7(2)9-10-8(5-11)6-12-9/h6-7,11H,3-5H2,1-2H3/t7-/m1/s1. The van der Waals surface area contributed by atoms with Crippen LogP contribution in [0.15, 0.2) is 10.7 Å². The van der Waals surface area contributed by atoms with E-state index in [1.807, 2.05) is 0 Å². The second kappa shape index (κ2) is 4.26. The molecule has 0 fully saturated rings. The van der Waals surface area contributed by atoms with Gasteiger partial charge in [0.1, 0.15) is 12.0 Å². The van der Waals surface area contributed by atoms with Gasteiger partial charge in [0.15, 0.2) is 5.89 Å². The van der Waals surface area contributed by atoms with Crippen molar-refractivity contribution in [1.82, 2.24) is 4.98 Å². The van der Waals surface area contributed by atoms with Gasteiger partial charge in [-0.2, -0.15) is 0 Å². The van der Waals surface area contributed by atoms with Crippen molar-refractivity contribution in [3.05, 3.63) is 17.8 Å². The highest BCUT2D eigenvalue weighted by molar-refractivity contribution is 4.98. The van der Waals surface area contributed by atoms with E-state index in [4.69, 9.17) is 9.52 Å². The molecule has 1 atom stereocenters. The Hall–Kier alpha value is -0.830. The minimum absolute atomic E-state index is 0.0393. The molecule has 0 aliphatic heterocycles. The van der Waals surface area contributed by atoms with Gasteiger partial charge < -0.3 is 9.52 Å². The number of nitrogens with zero attached hydrogens (tertiary/aromatic N) is 1. The summed E-state index contributed by atoms with van der Waals surface area (Å²) in [5.41, 5.74) is 0.618. The quantitative estimate of drug-likeness (QED) is 0.750. The van der Waals surface area contributed by atoms with E-state index in [1.165, 1.54) is 6.26 Å². The molecule has 1 aromatic heterocycles. The molecule has 3 nitrogen and oxygen atoms in total. The molecule has 0 unspecified atom stereocenters. The zero-order valence-corrected chi connectivity index (χ0v) is 7.58. The molecule has 0 aromatic carbocycles. The Morgan fingerprint density at radius 1 is 1.67 bits per heavy atom. The Labute approximate surface area is 72.4 Å². The molecule has 0 amide bonds. The fourth-order valence-corrected chi connectivity index (χ4v) is 1.18. The average molecular weight is 169 g/mol. The lowest BCUT2D eigenvalue weighted by Crippen LogP contribution is -1.93. The fourth-order valence-electron chi connectivity index (χ4n) is 1.18. The maximum Gasteiger partial charge on any atom is 0.197 e. The molecular weight excluding hydrogens is 154 g/mol. The van der Waals surface area contributed by atoms with Crippen molar-refractivity contribution in [2.24, 2.45) is 0 Å². The van der Waals surface area contributed by atoms with Crippen LogP contribution in [0.5, 0.6) is 0 Å². The Kier molecular flexibility index (Phi) is 3.29. The van der Waals surface area contributed by atoms with Gasteiger partial charge in [-0.05, 0) is 6.42 Å². The molecule has 0 spiro atoms. The zero-order chi connectivity index (χ0) is 8.97. The summed E-state index contributed by atoms with van der Waals surface area (Å²) in [6.07, 6.45) is 3.71. The van der Waals surface area contributed by atoms with Gasteiger partial charge in [-0.3, -0.25) is 0 Å². The normalized spacial score (nSPS) is 13.2. The lowest BCUT2D eigenvalue weighted by molar-refractivity contribution is 0.276. The van der Waals surface area contributed by atoms with Crippen molar-refractivity contribution in [2.75, 3.05) is 0 Å². The van der Waals surface area contributed by atoms with E-state index in [0.717, 1.165) is 18.7 Å². The molecule has 0 saturated heterocycles. The molecule has 68 valence electrons. The number of oxazole rings is 1. The first-order valence-electron chi connectivity index (χ1n) is 4.33. The summed E-state index contributed by atoms with van der Waals surface area (Å²) in [7, 11) is 0. The minimum Gasteiger partial charge on any atom is -0.448 e. The van der Waals surface area contributed by atoms with Gasteiger partial charge in [0.2, 0.25) is 0 Å². The summed E-state index contributed by atoms with van der Waals surface area (Å²) < 4.78 is 5.20. The van der Waals surface area contributed by atoms with E-state index < -0.39 is 0 Å². The van der Waals surface area contributed by atoms with Crippen LogP contribution in [-0.2, 0) is 6.61 Å². The van der Waals surface area contributed by atoms with Gasteiger partial charge in [0.25, 0.3) is 0 Å². The summed E-state index contributed by atoms with van der Waals surface area (Å²) >= 11 is 0. The van der Waals surface area contributed by atoms with E-state index in [1.54, 1.807) is 0 Å². The molecule has 3 heteroatoms. The first kappa shape index (κ1) is 9.26. The number of aromatic nitrogens is 1. The van der Waals surface area contributed by atoms with Gasteiger partial charge >= 0.3 is 0 Å². The molecule has 0 bridgehead atoms. The minimum atomic E-state index is -0.0393. The Bertz CT molecular complexity index is 232. The fraction of sp³-hybridized carbons (Fsp3) is 0.667. The first-order valence-corrected chi connectivity index (χ1v) is 4.33. The van der Waals surface area contributed by atoms with Gasteiger partial charge in [-0.1, -0.05) is 20.3 Å². The van der Waals surface area contributed by atoms with Crippen LogP contribution in [-0.4, -0.2) is 10.1 Å². The molecule has 0 aliphatic carbocycles. The van der Waals surface area contributed by atoms with Crippen LogP contribution < -0.4 is 0 Å². The van der Waals surface area contributed by atoms with Gasteiger partial charge in [-0.25, -0.2) is 4.98 Å². The van der Waals surface area contributed by atoms with Crippen molar-refractivity contribution >= 4 is 0 Å². The summed E-state index contributed by atoms with van der Waals surface area (Å²) in [5.74, 6) is 1.09. The lowest BCUT2D eigenvalue weighted by atomic mass is 10.1. The maximum absolute atomic E-state index is 8.74. The third-order valence-electron chi connectivity index (χ3n) is 1.87. The smallest absolute Gasteiger partial charge is 0.197 e. The Morgan fingerprint density at radius 3 is 2.92 bits per heavy atom. The predicted octanol–water partition coefficient (Wildman–Crippen LogP) is 2.07. The van der Waals surface area contributed by atoms with Crippen molar-refractivity contribution in [1.29, 1.82) is 0 Å². The van der Waals surface area contributed by atoms with Crippen molar-refractivity contribution in [3.63, 3.8) is 0 Å². The van der Waals surface area contributed by atoms with Crippen LogP contribution in [0.25, 0.3) is 0 Å². The molecule has 0 aliphatic rings. The molecule has 0 saturated carbocycles. The summed E-state index contributed by atoms with van der Waals surface area (Å²) in [4.78, 5) is 4.13. The molecule has 12 heavy (non-hydrogen) atoms. The number of aliphatic hydroxyl groups is 1. The lowest BCUT2D eigenvalue weighted by Gasteiger charge is -2.02. The van der Waals surface area contributed by atoms with Crippen molar-refractivity contribution < 1.29 is 9.52 Å². The Balaban J connectivity index is 2.61. The molecule has 1 rings (SSSR count). The largest absolute Gasteiger partial charge is 0.448 e. The summed E-state index contributed by atoms with van der Waals surface area (Å²) in [6, 6.07) is 0. The SMILES string of the molecule is CCC[C@@H](C)c1nc(CO)co1. The summed E-state index contributed by atoms with van der Waals surface area (Å²) in [6.45, 7) is 4.17. The number of hydrogen-bond acceptors (Lipinski definition) is 3. The third-order valence-corrected chi connectivity index (χ3v) is 1.87. The average Bonchev–Trinajstić information content (AvgIpc) is 2.52. The molecule has 1 N–H and O–H groups in total. The monoisotopic (exact) mass is 169 g/mol. The third kappa shape index (κ3) is 2.08. The highest BCUT2D eigenvalue weighted by Gasteiger charge is 2.10. The van der Waals surface area contributed by atoms with Crippen molar-refractivity contribution in [3.8, 4) is 0 Å². The van der Waals surface area contributed by atoms with E-state index in [-0.39, 0.29) is 6.61 Å².